The number of fused-ring (bicyclic) bond motifs is 1. The third-order valence-corrected chi connectivity index (χ3v) is 4.45. The van der Waals surface area contributed by atoms with Crippen molar-refractivity contribution in [3.8, 4) is 0 Å². The number of aryl methyl sites for hydroxylation is 1. The first-order chi connectivity index (χ1) is 12.6. The van der Waals surface area contributed by atoms with E-state index in [0.717, 1.165) is 27.9 Å². The first-order valence-corrected chi connectivity index (χ1v) is 8.45. The number of benzene rings is 1. The number of hydrogen-bond acceptors (Lipinski definition) is 6. The Hall–Kier alpha value is -3.13. The number of imidazole rings is 1. The molecular weight excluding hydrogens is 352 g/mol. The van der Waals surface area contributed by atoms with E-state index in [1.54, 1.807) is 19.6 Å². The molecule has 0 saturated carbocycles. The van der Waals surface area contributed by atoms with E-state index >= 15 is 0 Å². The molecule has 26 heavy (non-hydrogen) atoms. The molecule has 0 amide bonds. The molecule has 0 aliphatic carbocycles. The average molecular weight is 369 g/mol. The Morgan fingerprint density at radius 3 is 2.85 bits per heavy atom. The highest BCUT2D eigenvalue weighted by molar-refractivity contribution is 6.35. The molecule has 0 radical (unpaired) electrons. The Balaban J connectivity index is 1.71. The summed E-state index contributed by atoms with van der Waals surface area (Å²) in [5, 5.41) is 13.9. The van der Waals surface area contributed by atoms with Crippen molar-refractivity contribution in [2.45, 2.75) is 13.3 Å². The van der Waals surface area contributed by atoms with Gasteiger partial charge in [-0.15, -0.1) is 0 Å². The van der Waals surface area contributed by atoms with Crippen molar-refractivity contribution >= 4 is 40.2 Å². The molecule has 9 heteroatoms. The minimum Gasteiger partial charge on any atom is -0.357 e. The minimum atomic E-state index is 0.525. The predicted molar refractivity (Wildman–Crippen MR) is 102 cm³/mol. The zero-order chi connectivity index (χ0) is 18.1. The van der Waals surface area contributed by atoms with E-state index in [2.05, 4.69) is 40.8 Å². The van der Waals surface area contributed by atoms with Gasteiger partial charge in [0.15, 0.2) is 5.82 Å². The fourth-order valence-electron chi connectivity index (χ4n) is 2.73. The molecule has 0 fully saturated rings. The molecule has 0 unspecified atom stereocenters. The summed E-state index contributed by atoms with van der Waals surface area (Å²) in [7, 11) is 1.78. The molecule has 4 N–H and O–H groups in total. The van der Waals surface area contributed by atoms with Crippen LogP contribution >= 0.6 is 11.6 Å². The van der Waals surface area contributed by atoms with Crippen LogP contribution in [-0.4, -0.2) is 37.2 Å². The quantitative estimate of drug-likeness (QED) is 0.430. The number of aromatic nitrogens is 6. The van der Waals surface area contributed by atoms with Crippen molar-refractivity contribution in [1.82, 2.24) is 30.1 Å². The van der Waals surface area contributed by atoms with Gasteiger partial charge in [0, 0.05) is 37.0 Å². The number of hydrogen-bond donors (Lipinski definition) is 4. The molecule has 0 bridgehead atoms. The smallest absolute Gasteiger partial charge is 0.224 e. The molecule has 3 heterocycles. The van der Waals surface area contributed by atoms with Gasteiger partial charge in [0.05, 0.1) is 16.9 Å². The van der Waals surface area contributed by atoms with Gasteiger partial charge in [-0.05, 0) is 18.6 Å². The Kier molecular flexibility index (Phi) is 4.18. The molecule has 1 aromatic carbocycles. The third-order valence-electron chi connectivity index (χ3n) is 4.03. The zero-order valence-corrected chi connectivity index (χ0v) is 15.0. The SMILES string of the molecule is CNc1ncc(Cc2ccc3[nH]cnc3c2Cl)c(Nc2cc(C)[nH]n2)n1. The number of nitrogens with zero attached hydrogens (tertiary/aromatic N) is 4. The molecule has 8 nitrogen and oxygen atoms in total. The number of anilines is 3. The van der Waals surface area contributed by atoms with Crippen LogP contribution in [0.5, 0.6) is 0 Å². The van der Waals surface area contributed by atoms with Crippen LogP contribution in [0.3, 0.4) is 0 Å². The van der Waals surface area contributed by atoms with E-state index < -0.39 is 0 Å². The van der Waals surface area contributed by atoms with Crippen LogP contribution in [0.1, 0.15) is 16.8 Å². The second kappa shape index (κ2) is 6.64. The number of rotatable bonds is 5. The number of H-pyrrole nitrogens is 2. The van der Waals surface area contributed by atoms with Crippen LogP contribution in [0.4, 0.5) is 17.6 Å². The topological polar surface area (TPSA) is 107 Å². The standard InChI is InChI=1S/C17H17ClN8/c1-9-5-13(26-25-9)23-16-11(7-20-17(19-2)24-16)6-10-3-4-12-15(14(10)18)22-8-21-12/h3-5,7-8H,6H2,1-2H3,(H,21,22)(H3,19,20,23,24,25,26). The van der Waals surface area contributed by atoms with Gasteiger partial charge in [-0.2, -0.15) is 10.1 Å². The number of halogens is 1. The number of nitrogens with one attached hydrogen (secondary N) is 4. The Bertz CT molecular complexity index is 1070. The van der Waals surface area contributed by atoms with Gasteiger partial charge in [0.2, 0.25) is 5.95 Å². The molecule has 0 saturated heterocycles. The molecule has 132 valence electrons. The van der Waals surface area contributed by atoms with Gasteiger partial charge in [-0.1, -0.05) is 17.7 Å². The van der Waals surface area contributed by atoms with Gasteiger partial charge < -0.3 is 15.6 Å². The maximum absolute atomic E-state index is 6.53. The summed E-state index contributed by atoms with van der Waals surface area (Å²) in [6.45, 7) is 1.94. The van der Waals surface area contributed by atoms with E-state index in [1.165, 1.54) is 0 Å². The fourth-order valence-corrected chi connectivity index (χ4v) is 3.01. The van der Waals surface area contributed by atoms with Crippen LogP contribution in [0.15, 0.2) is 30.7 Å². The molecule has 0 spiro atoms. The van der Waals surface area contributed by atoms with Gasteiger partial charge in [-0.25, -0.2) is 9.97 Å². The first kappa shape index (κ1) is 16.3. The molecule has 4 aromatic rings. The van der Waals surface area contributed by atoms with Crippen molar-refractivity contribution in [3.05, 3.63) is 52.6 Å². The lowest BCUT2D eigenvalue weighted by atomic mass is 10.1. The monoisotopic (exact) mass is 368 g/mol. The molecule has 0 aliphatic heterocycles. The van der Waals surface area contributed by atoms with Crippen molar-refractivity contribution in [2.75, 3.05) is 17.7 Å². The maximum atomic E-state index is 6.53. The van der Waals surface area contributed by atoms with Crippen LogP contribution < -0.4 is 10.6 Å². The summed E-state index contributed by atoms with van der Waals surface area (Å²) >= 11 is 6.53. The highest BCUT2D eigenvalue weighted by Gasteiger charge is 2.13. The molecule has 3 aromatic heterocycles. The lowest BCUT2D eigenvalue weighted by Gasteiger charge is -2.12. The van der Waals surface area contributed by atoms with E-state index in [0.29, 0.717) is 29.0 Å². The van der Waals surface area contributed by atoms with E-state index in [9.17, 15) is 0 Å². The molecular formula is C17H17ClN8. The van der Waals surface area contributed by atoms with Crippen molar-refractivity contribution in [1.29, 1.82) is 0 Å². The Labute approximate surface area is 154 Å². The van der Waals surface area contributed by atoms with E-state index in [4.69, 9.17) is 11.6 Å². The van der Waals surface area contributed by atoms with Gasteiger partial charge >= 0.3 is 0 Å². The Morgan fingerprint density at radius 1 is 1.19 bits per heavy atom. The van der Waals surface area contributed by atoms with E-state index in [-0.39, 0.29) is 0 Å². The Morgan fingerprint density at radius 2 is 2.08 bits per heavy atom. The van der Waals surface area contributed by atoms with Crippen molar-refractivity contribution in [3.63, 3.8) is 0 Å². The second-order valence-corrected chi connectivity index (χ2v) is 6.27. The van der Waals surface area contributed by atoms with Gasteiger partial charge in [0.1, 0.15) is 11.3 Å². The normalized spacial score (nSPS) is 11.0. The summed E-state index contributed by atoms with van der Waals surface area (Å²) < 4.78 is 0. The lowest BCUT2D eigenvalue weighted by molar-refractivity contribution is 1.04. The summed E-state index contributed by atoms with van der Waals surface area (Å²) in [4.78, 5) is 16.2. The molecule has 0 atom stereocenters. The molecule has 0 aliphatic rings. The minimum absolute atomic E-state index is 0.525. The summed E-state index contributed by atoms with van der Waals surface area (Å²) in [6.07, 6.45) is 3.99. The zero-order valence-electron chi connectivity index (χ0n) is 14.3. The third kappa shape index (κ3) is 3.06. The highest BCUT2D eigenvalue weighted by atomic mass is 35.5. The second-order valence-electron chi connectivity index (χ2n) is 5.89. The number of aromatic amines is 2. The molecule has 4 rings (SSSR count). The summed E-state index contributed by atoms with van der Waals surface area (Å²) in [6, 6.07) is 5.86. The average Bonchev–Trinajstić information content (AvgIpc) is 3.28. The summed E-state index contributed by atoms with van der Waals surface area (Å²) in [5.74, 6) is 1.89. The fraction of sp³-hybridized carbons (Fsp3) is 0.176. The van der Waals surface area contributed by atoms with Crippen LogP contribution in [0, 0.1) is 6.92 Å². The maximum Gasteiger partial charge on any atom is 0.224 e. The van der Waals surface area contributed by atoms with E-state index in [1.807, 2.05) is 25.1 Å². The lowest BCUT2D eigenvalue weighted by Crippen LogP contribution is -2.05. The van der Waals surface area contributed by atoms with Gasteiger partial charge in [-0.3, -0.25) is 5.10 Å². The van der Waals surface area contributed by atoms with Crippen LogP contribution in [0.25, 0.3) is 11.0 Å². The van der Waals surface area contributed by atoms with Crippen LogP contribution in [0.2, 0.25) is 5.02 Å². The van der Waals surface area contributed by atoms with Crippen molar-refractivity contribution < 1.29 is 0 Å². The predicted octanol–water partition coefficient (Wildman–Crippen LogP) is 3.41. The summed E-state index contributed by atoms with van der Waals surface area (Å²) in [5.41, 5.74) is 4.49. The largest absolute Gasteiger partial charge is 0.357 e. The van der Waals surface area contributed by atoms with Crippen LogP contribution in [-0.2, 0) is 6.42 Å². The van der Waals surface area contributed by atoms with Gasteiger partial charge in [0.25, 0.3) is 0 Å². The van der Waals surface area contributed by atoms with Crippen molar-refractivity contribution in [2.24, 2.45) is 0 Å². The first-order valence-electron chi connectivity index (χ1n) is 8.07. The highest BCUT2D eigenvalue weighted by Crippen LogP contribution is 2.29.